The summed E-state index contributed by atoms with van der Waals surface area (Å²) in [5, 5.41) is 0. The van der Waals surface area contributed by atoms with Gasteiger partial charge >= 0.3 is 0 Å². The van der Waals surface area contributed by atoms with Crippen molar-refractivity contribution in [3.63, 3.8) is 0 Å². The molecular weight excluding hydrogens is 328 g/mol. The summed E-state index contributed by atoms with van der Waals surface area (Å²) < 4.78 is 5.54. The molecule has 1 fully saturated rings. The Labute approximate surface area is 167 Å². The molecule has 0 N–H and O–H groups in total. The van der Waals surface area contributed by atoms with Crippen molar-refractivity contribution in [3.8, 4) is 5.75 Å². The van der Waals surface area contributed by atoms with Crippen molar-refractivity contribution < 1.29 is 4.74 Å². The number of rotatable bonds is 9. The van der Waals surface area contributed by atoms with Crippen molar-refractivity contribution in [1.82, 2.24) is 0 Å². The van der Waals surface area contributed by atoms with Gasteiger partial charge in [0.25, 0.3) is 0 Å². The third kappa shape index (κ3) is 6.40. The standard InChI is InChI=1S/C26H40O/c1-3-5-6-21-9-15-24(16-10-21)25-17-11-22(12-18-25)7-8-23-13-19-26(20-14-23)27-4-2/h11,13-14,19-21,24-25H,3-10,12,15-18H2,1-2H3. The average molecular weight is 369 g/mol. The molecule has 1 aromatic rings. The van der Waals surface area contributed by atoms with Crippen molar-refractivity contribution in [2.45, 2.75) is 90.9 Å². The van der Waals surface area contributed by atoms with E-state index in [1.807, 2.05) is 6.92 Å². The Balaban J connectivity index is 1.38. The lowest BCUT2D eigenvalue weighted by atomic mass is 9.70. The summed E-state index contributed by atoms with van der Waals surface area (Å²) in [7, 11) is 0. The summed E-state index contributed by atoms with van der Waals surface area (Å²) in [5.74, 6) is 4.04. The van der Waals surface area contributed by atoms with Crippen LogP contribution in [-0.4, -0.2) is 6.61 Å². The highest BCUT2D eigenvalue weighted by molar-refractivity contribution is 5.28. The second-order valence-electron chi connectivity index (χ2n) is 8.90. The van der Waals surface area contributed by atoms with E-state index in [0.29, 0.717) is 0 Å². The molecule has 0 bridgehead atoms. The number of benzene rings is 1. The van der Waals surface area contributed by atoms with Crippen molar-refractivity contribution >= 4 is 0 Å². The van der Waals surface area contributed by atoms with E-state index < -0.39 is 0 Å². The highest BCUT2D eigenvalue weighted by Gasteiger charge is 2.28. The minimum Gasteiger partial charge on any atom is -0.494 e. The maximum absolute atomic E-state index is 5.54. The van der Waals surface area contributed by atoms with E-state index in [2.05, 4.69) is 37.3 Å². The Morgan fingerprint density at radius 1 is 0.889 bits per heavy atom. The summed E-state index contributed by atoms with van der Waals surface area (Å²) >= 11 is 0. The number of hydrogen-bond acceptors (Lipinski definition) is 1. The molecule has 1 atom stereocenters. The normalized spacial score (nSPS) is 25.9. The third-order valence-electron chi connectivity index (χ3n) is 7.04. The van der Waals surface area contributed by atoms with Crippen LogP contribution in [0.2, 0.25) is 0 Å². The molecule has 1 aromatic carbocycles. The second kappa shape index (κ2) is 10.9. The summed E-state index contributed by atoms with van der Waals surface area (Å²) in [6.45, 7) is 5.11. The van der Waals surface area contributed by atoms with Crippen LogP contribution in [-0.2, 0) is 6.42 Å². The van der Waals surface area contributed by atoms with Gasteiger partial charge in [0.05, 0.1) is 6.61 Å². The zero-order valence-electron chi connectivity index (χ0n) is 17.7. The lowest BCUT2D eigenvalue weighted by molar-refractivity contribution is 0.185. The Kier molecular flexibility index (Phi) is 8.30. The average Bonchev–Trinajstić information content (AvgIpc) is 2.73. The lowest BCUT2D eigenvalue weighted by Crippen LogP contribution is -2.23. The van der Waals surface area contributed by atoms with E-state index >= 15 is 0 Å². The molecule has 0 aliphatic heterocycles. The summed E-state index contributed by atoms with van der Waals surface area (Å²) in [6.07, 6.45) is 19.5. The smallest absolute Gasteiger partial charge is 0.119 e. The predicted molar refractivity (Wildman–Crippen MR) is 116 cm³/mol. The van der Waals surface area contributed by atoms with Crippen LogP contribution < -0.4 is 4.74 Å². The first-order chi connectivity index (χ1) is 13.3. The van der Waals surface area contributed by atoms with Gasteiger partial charge in [-0.3, -0.25) is 0 Å². The number of hydrogen-bond donors (Lipinski definition) is 0. The van der Waals surface area contributed by atoms with E-state index in [1.165, 1.54) is 82.6 Å². The largest absolute Gasteiger partial charge is 0.494 e. The van der Waals surface area contributed by atoms with Gasteiger partial charge in [0.15, 0.2) is 0 Å². The third-order valence-corrected chi connectivity index (χ3v) is 7.04. The Morgan fingerprint density at radius 3 is 2.30 bits per heavy atom. The van der Waals surface area contributed by atoms with Crippen LogP contribution in [0.1, 0.15) is 90.0 Å². The van der Waals surface area contributed by atoms with Gasteiger partial charge in [-0.1, -0.05) is 62.8 Å². The molecule has 1 unspecified atom stereocenters. The van der Waals surface area contributed by atoms with Gasteiger partial charge in [0, 0.05) is 0 Å². The molecule has 3 rings (SSSR count). The van der Waals surface area contributed by atoms with E-state index in [-0.39, 0.29) is 0 Å². The molecule has 1 nitrogen and oxygen atoms in total. The van der Waals surface area contributed by atoms with E-state index in [9.17, 15) is 0 Å². The molecule has 1 heteroatoms. The van der Waals surface area contributed by atoms with Gasteiger partial charge in [0.1, 0.15) is 5.75 Å². The van der Waals surface area contributed by atoms with Gasteiger partial charge in [-0.2, -0.15) is 0 Å². The van der Waals surface area contributed by atoms with Crippen molar-refractivity contribution in [1.29, 1.82) is 0 Å². The van der Waals surface area contributed by atoms with Crippen molar-refractivity contribution in [2.75, 3.05) is 6.61 Å². The van der Waals surface area contributed by atoms with Crippen LogP contribution in [0.25, 0.3) is 0 Å². The molecular formula is C26H40O. The fourth-order valence-electron chi connectivity index (χ4n) is 5.23. The number of ether oxygens (including phenoxy) is 1. The molecule has 0 spiro atoms. The first-order valence-electron chi connectivity index (χ1n) is 11.7. The molecule has 1 saturated carbocycles. The van der Waals surface area contributed by atoms with Crippen molar-refractivity contribution in [3.05, 3.63) is 41.5 Å². The fourth-order valence-corrected chi connectivity index (χ4v) is 5.23. The van der Waals surface area contributed by atoms with Gasteiger partial charge in [-0.25, -0.2) is 0 Å². The molecule has 0 saturated heterocycles. The summed E-state index contributed by atoms with van der Waals surface area (Å²) in [4.78, 5) is 0. The number of aryl methyl sites for hydroxylation is 1. The van der Waals surface area contributed by atoms with Gasteiger partial charge in [-0.15, -0.1) is 0 Å². The van der Waals surface area contributed by atoms with Gasteiger partial charge < -0.3 is 4.74 Å². The predicted octanol–water partition coefficient (Wildman–Crippen LogP) is 7.74. The van der Waals surface area contributed by atoms with E-state index in [0.717, 1.165) is 30.1 Å². The maximum atomic E-state index is 5.54. The fraction of sp³-hybridized carbons (Fsp3) is 0.692. The Hall–Kier alpha value is -1.24. The minimum absolute atomic E-state index is 0.744. The summed E-state index contributed by atoms with van der Waals surface area (Å²) in [6, 6.07) is 8.68. The van der Waals surface area contributed by atoms with Gasteiger partial charge in [0.2, 0.25) is 0 Å². The van der Waals surface area contributed by atoms with E-state index in [1.54, 1.807) is 5.57 Å². The molecule has 0 amide bonds. The molecule has 150 valence electrons. The molecule has 2 aliphatic carbocycles. The Bertz CT molecular complexity index is 562. The van der Waals surface area contributed by atoms with Crippen LogP contribution >= 0.6 is 0 Å². The highest BCUT2D eigenvalue weighted by Crippen LogP contribution is 2.41. The maximum Gasteiger partial charge on any atom is 0.119 e. The van der Waals surface area contributed by atoms with Crippen LogP contribution in [0.3, 0.4) is 0 Å². The van der Waals surface area contributed by atoms with Crippen LogP contribution in [0.5, 0.6) is 5.75 Å². The number of allylic oxidation sites excluding steroid dienone is 2. The van der Waals surface area contributed by atoms with Crippen LogP contribution in [0, 0.1) is 17.8 Å². The quantitative estimate of drug-likeness (QED) is 0.405. The SMILES string of the molecule is CCCCC1CCC(C2CC=C(CCc3ccc(OCC)cc3)CC2)CC1. The topological polar surface area (TPSA) is 9.23 Å². The monoisotopic (exact) mass is 368 g/mol. The lowest BCUT2D eigenvalue weighted by Gasteiger charge is -2.35. The van der Waals surface area contributed by atoms with Crippen LogP contribution in [0.4, 0.5) is 0 Å². The second-order valence-corrected chi connectivity index (χ2v) is 8.90. The first kappa shape index (κ1) is 20.5. The van der Waals surface area contributed by atoms with E-state index in [4.69, 9.17) is 4.74 Å². The molecule has 27 heavy (non-hydrogen) atoms. The zero-order valence-corrected chi connectivity index (χ0v) is 17.7. The number of unbranched alkanes of at least 4 members (excludes halogenated alkanes) is 1. The van der Waals surface area contributed by atoms with Gasteiger partial charge in [-0.05, 0) is 87.3 Å². The zero-order chi connectivity index (χ0) is 18.9. The summed E-state index contributed by atoms with van der Waals surface area (Å²) in [5.41, 5.74) is 3.14. The Morgan fingerprint density at radius 2 is 1.67 bits per heavy atom. The highest BCUT2D eigenvalue weighted by atomic mass is 16.5. The van der Waals surface area contributed by atoms with Crippen LogP contribution in [0.15, 0.2) is 35.9 Å². The molecule has 0 radical (unpaired) electrons. The molecule has 0 heterocycles. The molecule has 2 aliphatic rings. The minimum atomic E-state index is 0.744. The first-order valence-corrected chi connectivity index (χ1v) is 11.7. The molecule has 0 aromatic heterocycles. The van der Waals surface area contributed by atoms with Crippen molar-refractivity contribution in [2.24, 2.45) is 17.8 Å².